The summed E-state index contributed by atoms with van der Waals surface area (Å²) in [5, 5.41) is 10.5. The van der Waals surface area contributed by atoms with E-state index in [1.54, 1.807) is 18.2 Å². The van der Waals surface area contributed by atoms with E-state index >= 15 is 0 Å². The van der Waals surface area contributed by atoms with E-state index in [9.17, 15) is 14.9 Å². The third kappa shape index (κ3) is 3.72. The van der Waals surface area contributed by atoms with E-state index in [4.69, 9.17) is 9.47 Å². The number of hydrogen-bond donors (Lipinski definition) is 0. The summed E-state index contributed by atoms with van der Waals surface area (Å²) in [5.74, 6) is -0.0255. The highest BCUT2D eigenvalue weighted by molar-refractivity contribution is 5.70. The number of nitrogens with zero attached hydrogens (tertiary/aromatic N) is 3. The summed E-state index contributed by atoms with van der Waals surface area (Å²) < 4.78 is 10.4. The highest BCUT2D eigenvalue weighted by Gasteiger charge is 2.12. The van der Waals surface area contributed by atoms with Crippen molar-refractivity contribution in [3.63, 3.8) is 0 Å². The summed E-state index contributed by atoms with van der Waals surface area (Å²) >= 11 is 0. The first-order valence-electron chi connectivity index (χ1n) is 5.89. The topological polar surface area (TPSA) is 104 Å². The van der Waals surface area contributed by atoms with E-state index in [0.717, 1.165) is 18.0 Å². The minimum atomic E-state index is -0.610. The van der Waals surface area contributed by atoms with Crippen molar-refractivity contribution in [2.45, 2.75) is 13.8 Å². The molecule has 21 heavy (non-hydrogen) atoms. The van der Waals surface area contributed by atoms with Gasteiger partial charge in [-0.15, -0.1) is 0 Å². The van der Waals surface area contributed by atoms with Gasteiger partial charge >= 0.3 is 17.7 Å². The van der Waals surface area contributed by atoms with E-state index in [1.165, 1.54) is 6.92 Å². The summed E-state index contributed by atoms with van der Waals surface area (Å²) in [4.78, 5) is 28.4. The molecule has 1 aromatic carbocycles. The van der Waals surface area contributed by atoms with Gasteiger partial charge in [-0.3, -0.25) is 14.9 Å². The van der Waals surface area contributed by atoms with Crippen molar-refractivity contribution >= 4 is 11.7 Å². The Morgan fingerprint density at radius 3 is 2.48 bits per heavy atom. The van der Waals surface area contributed by atoms with Gasteiger partial charge < -0.3 is 9.47 Å². The zero-order chi connectivity index (χ0) is 15.4. The monoisotopic (exact) mass is 289 g/mol. The summed E-state index contributed by atoms with van der Waals surface area (Å²) in [6.45, 7) is 3.10. The Kier molecular flexibility index (Phi) is 4.07. The minimum absolute atomic E-state index is 0.0837. The molecule has 108 valence electrons. The van der Waals surface area contributed by atoms with Gasteiger partial charge in [0.05, 0.1) is 4.92 Å². The van der Waals surface area contributed by atoms with Crippen LogP contribution in [-0.2, 0) is 4.79 Å². The van der Waals surface area contributed by atoms with Crippen LogP contribution < -0.4 is 9.47 Å². The van der Waals surface area contributed by atoms with Gasteiger partial charge in [-0.2, -0.15) is 9.97 Å². The van der Waals surface area contributed by atoms with Crippen molar-refractivity contribution < 1.29 is 19.2 Å². The van der Waals surface area contributed by atoms with Crippen molar-refractivity contribution in [3.8, 4) is 17.5 Å². The molecule has 0 bridgehead atoms. The molecule has 1 heterocycles. The number of ether oxygens (including phenoxy) is 2. The molecular formula is C13H11N3O5. The Labute approximate surface area is 119 Å². The second kappa shape index (κ2) is 5.95. The lowest BCUT2D eigenvalue weighted by atomic mass is 10.2. The second-order valence-corrected chi connectivity index (χ2v) is 4.13. The van der Waals surface area contributed by atoms with E-state index in [0.29, 0.717) is 0 Å². The molecule has 0 N–H and O–H groups in total. The predicted molar refractivity (Wildman–Crippen MR) is 71.2 cm³/mol. The largest absolute Gasteiger partial charge is 0.423 e. The Balaban J connectivity index is 2.27. The lowest BCUT2D eigenvalue weighted by molar-refractivity contribution is -0.385. The molecule has 0 aliphatic carbocycles. The fourth-order valence-electron chi connectivity index (χ4n) is 1.49. The molecule has 0 aliphatic rings. The number of hydrogen-bond acceptors (Lipinski definition) is 7. The molecular weight excluding hydrogens is 278 g/mol. The first-order chi connectivity index (χ1) is 9.95. The van der Waals surface area contributed by atoms with Crippen molar-refractivity contribution in [3.05, 3.63) is 46.3 Å². The molecule has 0 radical (unpaired) electrons. The van der Waals surface area contributed by atoms with Crippen molar-refractivity contribution in [2.24, 2.45) is 0 Å². The average Bonchev–Trinajstić information content (AvgIpc) is 2.42. The molecule has 8 nitrogen and oxygen atoms in total. The number of carbonyl (C=O) groups is 1. The number of esters is 1. The molecule has 8 heteroatoms. The number of aromatic nitrogens is 2. The van der Waals surface area contributed by atoms with Crippen LogP contribution >= 0.6 is 0 Å². The van der Waals surface area contributed by atoms with Crippen LogP contribution in [0.15, 0.2) is 30.6 Å². The third-order valence-electron chi connectivity index (χ3n) is 2.38. The molecule has 1 aromatic heterocycles. The Morgan fingerprint density at radius 1 is 1.24 bits per heavy atom. The first kappa shape index (κ1) is 14.4. The van der Waals surface area contributed by atoms with Gasteiger partial charge in [0, 0.05) is 6.92 Å². The minimum Gasteiger partial charge on any atom is -0.423 e. The molecule has 0 fully saturated rings. The number of rotatable bonds is 4. The van der Waals surface area contributed by atoms with E-state index in [2.05, 4.69) is 9.97 Å². The third-order valence-corrected chi connectivity index (χ3v) is 2.38. The van der Waals surface area contributed by atoms with Crippen LogP contribution in [0.4, 0.5) is 5.69 Å². The Morgan fingerprint density at radius 2 is 1.90 bits per heavy atom. The maximum atomic E-state index is 11.0. The van der Waals surface area contributed by atoms with Crippen LogP contribution in [0.1, 0.15) is 12.5 Å². The van der Waals surface area contributed by atoms with Crippen LogP contribution in [0.25, 0.3) is 0 Å². The summed E-state index contributed by atoms with van der Waals surface area (Å²) in [7, 11) is 0. The smallest absolute Gasteiger partial charge is 0.322 e. The fraction of sp³-hybridized carbons (Fsp3) is 0.154. The maximum Gasteiger partial charge on any atom is 0.322 e. The molecule has 0 amide bonds. The molecule has 2 aromatic rings. The zero-order valence-electron chi connectivity index (χ0n) is 11.3. The van der Waals surface area contributed by atoms with Crippen LogP contribution in [0.2, 0.25) is 0 Å². The SMILES string of the molecule is CC(=O)Oc1ccc(C)cc1Oc1ncc([N+](=O)[O-])cn1. The Hall–Kier alpha value is -3.03. The quantitative estimate of drug-likeness (QED) is 0.368. The van der Waals surface area contributed by atoms with Crippen LogP contribution in [0.5, 0.6) is 17.5 Å². The van der Waals surface area contributed by atoms with Crippen LogP contribution in [0, 0.1) is 17.0 Å². The molecule has 0 aliphatic heterocycles. The highest BCUT2D eigenvalue weighted by Crippen LogP contribution is 2.31. The zero-order valence-corrected chi connectivity index (χ0v) is 11.3. The molecule has 0 spiro atoms. The Bertz CT molecular complexity index is 685. The number of aryl methyl sites for hydroxylation is 1. The molecule has 2 rings (SSSR count). The highest BCUT2D eigenvalue weighted by atomic mass is 16.6. The standard InChI is InChI=1S/C13H11N3O5/c1-8-3-4-11(20-9(2)17)12(5-8)21-13-14-6-10(7-15-13)16(18)19/h3-7H,1-2H3. The van der Waals surface area contributed by atoms with Gasteiger partial charge in [0.1, 0.15) is 12.4 Å². The summed E-state index contributed by atoms with van der Waals surface area (Å²) in [5.41, 5.74) is 0.634. The predicted octanol–water partition coefficient (Wildman–Crippen LogP) is 2.41. The second-order valence-electron chi connectivity index (χ2n) is 4.13. The number of nitro groups is 1. The van der Waals surface area contributed by atoms with Gasteiger partial charge in [-0.05, 0) is 24.6 Å². The molecule has 0 unspecified atom stereocenters. The number of benzene rings is 1. The normalized spacial score (nSPS) is 10.0. The van der Waals surface area contributed by atoms with Crippen molar-refractivity contribution in [1.82, 2.24) is 9.97 Å². The van der Waals surface area contributed by atoms with E-state index in [1.807, 2.05) is 6.92 Å². The van der Waals surface area contributed by atoms with E-state index in [-0.39, 0.29) is 23.2 Å². The average molecular weight is 289 g/mol. The lowest BCUT2D eigenvalue weighted by Gasteiger charge is -2.09. The lowest BCUT2D eigenvalue weighted by Crippen LogP contribution is -2.03. The van der Waals surface area contributed by atoms with Crippen molar-refractivity contribution in [1.29, 1.82) is 0 Å². The van der Waals surface area contributed by atoms with Gasteiger partial charge in [0.2, 0.25) is 0 Å². The molecule has 0 atom stereocenters. The van der Waals surface area contributed by atoms with Gasteiger partial charge in [-0.25, -0.2) is 0 Å². The molecule has 0 saturated heterocycles. The fourth-order valence-corrected chi connectivity index (χ4v) is 1.49. The van der Waals surface area contributed by atoms with Gasteiger partial charge in [0.15, 0.2) is 11.5 Å². The van der Waals surface area contributed by atoms with Gasteiger partial charge in [-0.1, -0.05) is 6.07 Å². The van der Waals surface area contributed by atoms with Crippen molar-refractivity contribution in [2.75, 3.05) is 0 Å². The number of carbonyl (C=O) groups excluding carboxylic acids is 1. The van der Waals surface area contributed by atoms with Gasteiger partial charge in [0.25, 0.3) is 0 Å². The van der Waals surface area contributed by atoms with Crippen LogP contribution in [-0.4, -0.2) is 20.9 Å². The molecule has 0 saturated carbocycles. The maximum absolute atomic E-state index is 11.0. The first-order valence-corrected chi connectivity index (χ1v) is 5.89. The van der Waals surface area contributed by atoms with E-state index < -0.39 is 10.9 Å². The summed E-state index contributed by atoms with van der Waals surface area (Å²) in [6, 6.07) is 4.89. The summed E-state index contributed by atoms with van der Waals surface area (Å²) in [6.07, 6.45) is 2.06. The van der Waals surface area contributed by atoms with Crippen LogP contribution in [0.3, 0.4) is 0 Å².